The quantitative estimate of drug-likeness (QED) is 0.889. The van der Waals surface area contributed by atoms with Crippen molar-refractivity contribution in [2.24, 2.45) is 0 Å². The highest BCUT2D eigenvalue weighted by molar-refractivity contribution is 5.67. The van der Waals surface area contributed by atoms with Gasteiger partial charge >= 0.3 is 6.09 Å². The van der Waals surface area contributed by atoms with Crippen LogP contribution in [-0.2, 0) is 11.2 Å². The summed E-state index contributed by atoms with van der Waals surface area (Å²) in [4.78, 5) is 11.8. The number of carbonyl (C=O) groups is 1. The first-order valence-electron chi connectivity index (χ1n) is 8.21. The largest absolute Gasteiger partial charge is 0.449 e. The Morgan fingerprint density at radius 1 is 1.17 bits per heavy atom. The molecule has 0 bridgehead atoms. The summed E-state index contributed by atoms with van der Waals surface area (Å²) in [5.74, 6) is 0. The molecule has 0 aliphatic heterocycles. The first kappa shape index (κ1) is 15.5. The van der Waals surface area contributed by atoms with E-state index in [1.165, 1.54) is 19.3 Å². The molecule has 6 heteroatoms. The fourth-order valence-electron chi connectivity index (χ4n) is 2.95. The van der Waals surface area contributed by atoms with E-state index in [2.05, 4.69) is 20.7 Å². The van der Waals surface area contributed by atoms with Gasteiger partial charge in [0.2, 0.25) is 0 Å². The Kier molecular flexibility index (Phi) is 5.24. The number of rotatable bonds is 5. The maximum atomic E-state index is 11.8. The van der Waals surface area contributed by atoms with Crippen molar-refractivity contribution in [3.8, 4) is 11.3 Å². The lowest BCUT2D eigenvalue weighted by Crippen LogP contribution is -2.36. The number of nitrogens with one attached hydrogen (secondary N) is 2. The van der Waals surface area contributed by atoms with Crippen molar-refractivity contribution in [1.82, 2.24) is 20.7 Å². The van der Waals surface area contributed by atoms with E-state index in [1.54, 1.807) is 0 Å². The van der Waals surface area contributed by atoms with E-state index >= 15 is 0 Å². The highest BCUT2D eigenvalue weighted by atomic mass is 16.5. The number of nitrogens with zero attached hydrogens (tertiary/aromatic N) is 2. The van der Waals surface area contributed by atoms with E-state index < -0.39 is 0 Å². The second-order valence-corrected chi connectivity index (χ2v) is 5.85. The lowest BCUT2D eigenvalue weighted by atomic mass is 9.96. The van der Waals surface area contributed by atoms with Gasteiger partial charge in [-0.3, -0.25) is 0 Å². The number of carbonyl (C=O) groups excluding carboxylic acids is 1. The molecule has 23 heavy (non-hydrogen) atoms. The first-order chi connectivity index (χ1) is 11.3. The van der Waals surface area contributed by atoms with Gasteiger partial charge in [0.15, 0.2) is 0 Å². The molecule has 0 unspecified atom stereocenters. The molecule has 2 aromatic rings. The van der Waals surface area contributed by atoms with E-state index in [0.717, 1.165) is 29.8 Å². The van der Waals surface area contributed by atoms with E-state index in [0.29, 0.717) is 13.0 Å². The first-order valence-corrected chi connectivity index (χ1v) is 8.21. The van der Waals surface area contributed by atoms with Crippen LogP contribution in [0.1, 0.15) is 37.8 Å². The van der Waals surface area contributed by atoms with Crippen LogP contribution in [0.3, 0.4) is 0 Å². The summed E-state index contributed by atoms with van der Waals surface area (Å²) < 4.78 is 5.28. The van der Waals surface area contributed by atoms with Crippen molar-refractivity contribution in [3.63, 3.8) is 0 Å². The molecule has 1 amide bonds. The highest BCUT2D eigenvalue weighted by Crippen LogP contribution is 2.19. The van der Waals surface area contributed by atoms with Crippen LogP contribution < -0.4 is 5.32 Å². The number of benzene rings is 1. The van der Waals surface area contributed by atoms with Crippen LogP contribution in [0.2, 0.25) is 0 Å². The highest BCUT2D eigenvalue weighted by Gasteiger charge is 2.16. The summed E-state index contributed by atoms with van der Waals surface area (Å²) >= 11 is 0. The second-order valence-electron chi connectivity index (χ2n) is 5.85. The lowest BCUT2D eigenvalue weighted by Gasteiger charge is -2.22. The van der Waals surface area contributed by atoms with E-state index in [1.807, 2.05) is 30.3 Å². The van der Waals surface area contributed by atoms with Gasteiger partial charge in [-0.15, -0.1) is 0 Å². The SMILES string of the molecule is O=C(NC1CCCCC1)OCCc1n[nH]nc1-c1ccccc1. The Labute approximate surface area is 135 Å². The second kappa shape index (κ2) is 7.76. The van der Waals surface area contributed by atoms with Crippen molar-refractivity contribution in [3.05, 3.63) is 36.0 Å². The van der Waals surface area contributed by atoms with Gasteiger partial charge < -0.3 is 10.1 Å². The van der Waals surface area contributed by atoms with Gasteiger partial charge in [0.1, 0.15) is 5.69 Å². The molecule has 1 aliphatic carbocycles. The molecular weight excluding hydrogens is 292 g/mol. The third-order valence-corrected chi connectivity index (χ3v) is 4.17. The summed E-state index contributed by atoms with van der Waals surface area (Å²) in [7, 11) is 0. The lowest BCUT2D eigenvalue weighted by molar-refractivity contribution is 0.140. The van der Waals surface area contributed by atoms with Gasteiger partial charge in [0.25, 0.3) is 0 Å². The summed E-state index contributed by atoms with van der Waals surface area (Å²) in [6.45, 7) is 0.297. The zero-order chi connectivity index (χ0) is 15.9. The van der Waals surface area contributed by atoms with Crippen LogP contribution >= 0.6 is 0 Å². The third kappa shape index (κ3) is 4.31. The van der Waals surface area contributed by atoms with Gasteiger partial charge in [-0.05, 0) is 12.8 Å². The molecule has 1 aromatic carbocycles. The Balaban J connectivity index is 1.47. The standard InChI is InChI=1S/C17H22N4O2/c22-17(18-14-9-5-2-6-10-14)23-12-11-15-16(20-21-19-15)13-7-3-1-4-8-13/h1,3-4,7-8,14H,2,5-6,9-12H2,(H,18,22)(H,19,20,21). The fraction of sp³-hybridized carbons (Fsp3) is 0.471. The monoisotopic (exact) mass is 314 g/mol. The molecule has 122 valence electrons. The molecule has 0 atom stereocenters. The van der Waals surface area contributed by atoms with E-state index in [-0.39, 0.29) is 12.1 Å². The van der Waals surface area contributed by atoms with Crippen LogP contribution in [0.4, 0.5) is 4.79 Å². The molecule has 1 heterocycles. The number of aromatic amines is 1. The van der Waals surface area contributed by atoms with Crippen molar-refractivity contribution in [2.75, 3.05) is 6.61 Å². The Bertz CT molecular complexity index is 621. The van der Waals surface area contributed by atoms with E-state index in [4.69, 9.17) is 4.74 Å². The molecular formula is C17H22N4O2. The molecule has 3 rings (SSSR count). The van der Waals surface area contributed by atoms with Gasteiger partial charge in [-0.25, -0.2) is 4.79 Å². The average molecular weight is 314 g/mol. The summed E-state index contributed by atoms with van der Waals surface area (Å²) in [5.41, 5.74) is 2.62. The molecule has 1 saturated carbocycles. The minimum Gasteiger partial charge on any atom is -0.449 e. The predicted molar refractivity (Wildman–Crippen MR) is 86.9 cm³/mol. The maximum absolute atomic E-state index is 11.8. The van der Waals surface area contributed by atoms with Crippen molar-refractivity contribution in [1.29, 1.82) is 0 Å². The number of hydrogen-bond acceptors (Lipinski definition) is 4. The Morgan fingerprint density at radius 3 is 2.74 bits per heavy atom. The molecule has 1 fully saturated rings. The number of ether oxygens (including phenoxy) is 1. The molecule has 1 aliphatic rings. The predicted octanol–water partition coefficient (Wildman–Crippen LogP) is 3.07. The summed E-state index contributed by atoms with van der Waals surface area (Å²) in [5, 5.41) is 13.9. The third-order valence-electron chi connectivity index (χ3n) is 4.17. The molecule has 2 N–H and O–H groups in total. The molecule has 6 nitrogen and oxygen atoms in total. The number of hydrogen-bond donors (Lipinski definition) is 2. The molecule has 0 saturated heterocycles. The van der Waals surface area contributed by atoms with Crippen molar-refractivity contribution >= 4 is 6.09 Å². The Morgan fingerprint density at radius 2 is 1.96 bits per heavy atom. The normalized spacial score (nSPS) is 15.3. The fourth-order valence-corrected chi connectivity index (χ4v) is 2.95. The van der Waals surface area contributed by atoms with Crippen LogP contribution in [0.25, 0.3) is 11.3 Å². The van der Waals surface area contributed by atoms with Crippen LogP contribution in [0, 0.1) is 0 Å². The Hall–Kier alpha value is -2.37. The average Bonchev–Trinajstić information content (AvgIpc) is 3.05. The zero-order valence-corrected chi connectivity index (χ0v) is 13.1. The van der Waals surface area contributed by atoms with Gasteiger partial charge in [-0.2, -0.15) is 15.4 Å². The molecule has 0 spiro atoms. The van der Waals surface area contributed by atoms with Crippen LogP contribution in [-0.4, -0.2) is 34.2 Å². The molecule has 1 aromatic heterocycles. The minimum absolute atomic E-state index is 0.267. The number of amides is 1. The van der Waals surface area contributed by atoms with Crippen molar-refractivity contribution in [2.45, 2.75) is 44.6 Å². The minimum atomic E-state index is -0.332. The summed E-state index contributed by atoms with van der Waals surface area (Å²) in [6.07, 6.45) is 5.95. The van der Waals surface area contributed by atoms with Crippen LogP contribution in [0.15, 0.2) is 30.3 Å². The topological polar surface area (TPSA) is 79.9 Å². The zero-order valence-electron chi connectivity index (χ0n) is 13.1. The van der Waals surface area contributed by atoms with Gasteiger partial charge in [-0.1, -0.05) is 49.6 Å². The smallest absolute Gasteiger partial charge is 0.407 e. The number of aromatic nitrogens is 3. The van der Waals surface area contributed by atoms with E-state index in [9.17, 15) is 4.79 Å². The maximum Gasteiger partial charge on any atom is 0.407 e. The number of alkyl carbamates (subject to hydrolysis) is 1. The summed E-state index contributed by atoms with van der Waals surface area (Å²) in [6, 6.07) is 10.1. The van der Waals surface area contributed by atoms with Gasteiger partial charge in [0, 0.05) is 18.0 Å². The van der Waals surface area contributed by atoms with Crippen molar-refractivity contribution < 1.29 is 9.53 Å². The van der Waals surface area contributed by atoms with Gasteiger partial charge in [0.05, 0.1) is 12.3 Å². The molecule has 0 radical (unpaired) electrons. The number of H-pyrrole nitrogens is 1. The van der Waals surface area contributed by atoms with Crippen LogP contribution in [0.5, 0.6) is 0 Å².